The van der Waals surface area contributed by atoms with E-state index in [0.717, 1.165) is 48.5 Å². The highest BCUT2D eigenvalue weighted by atomic mass is 16.5. The summed E-state index contributed by atoms with van der Waals surface area (Å²) in [6.07, 6.45) is 1.17. The standard InChI is InChI=1S/C12H16O2/c1-14-3-12-9-4-2-5(13)7(11(9)12)8-6(4)10(8)12/h4-11,13H,2-3H2,1H3. The molecule has 14 heavy (non-hydrogen) atoms. The molecular formula is C12H16O2. The Morgan fingerprint density at radius 1 is 1.21 bits per heavy atom. The van der Waals surface area contributed by atoms with E-state index in [1.807, 2.05) is 7.11 Å². The fourth-order valence-corrected chi connectivity index (χ4v) is 6.60. The molecule has 0 heterocycles. The molecule has 9 atom stereocenters. The van der Waals surface area contributed by atoms with Gasteiger partial charge in [-0.15, -0.1) is 0 Å². The summed E-state index contributed by atoms with van der Waals surface area (Å²) in [5.74, 6) is 6.35. The van der Waals surface area contributed by atoms with Gasteiger partial charge in [0.15, 0.2) is 0 Å². The van der Waals surface area contributed by atoms with Gasteiger partial charge in [-0.05, 0) is 47.8 Å². The van der Waals surface area contributed by atoms with Gasteiger partial charge < -0.3 is 9.84 Å². The highest BCUT2D eigenvalue weighted by molar-refractivity contribution is 5.42. The van der Waals surface area contributed by atoms with Gasteiger partial charge in [-0.25, -0.2) is 0 Å². The molecule has 0 aliphatic heterocycles. The predicted octanol–water partition coefficient (Wildman–Crippen LogP) is 0.752. The molecule has 1 N–H and O–H groups in total. The summed E-state index contributed by atoms with van der Waals surface area (Å²) in [4.78, 5) is 0. The molecule has 2 nitrogen and oxygen atoms in total. The van der Waals surface area contributed by atoms with Crippen LogP contribution in [0, 0.1) is 46.8 Å². The van der Waals surface area contributed by atoms with Gasteiger partial charge in [-0.1, -0.05) is 0 Å². The third kappa shape index (κ3) is 0.424. The molecule has 0 aromatic rings. The van der Waals surface area contributed by atoms with Gasteiger partial charge >= 0.3 is 0 Å². The molecule has 6 rings (SSSR count). The molecule has 76 valence electrons. The van der Waals surface area contributed by atoms with Gasteiger partial charge in [0.2, 0.25) is 0 Å². The first-order chi connectivity index (χ1) is 6.82. The van der Waals surface area contributed by atoms with Gasteiger partial charge in [-0.2, -0.15) is 0 Å². The molecule has 0 amide bonds. The summed E-state index contributed by atoms with van der Waals surface area (Å²) >= 11 is 0. The van der Waals surface area contributed by atoms with E-state index in [1.165, 1.54) is 0 Å². The Balaban J connectivity index is 1.66. The largest absolute Gasteiger partial charge is 0.393 e. The molecule has 0 radical (unpaired) electrons. The van der Waals surface area contributed by atoms with Crippen molar-refractivity contribution in [2.24, 2.45) is 46.8 Å². The lowest BCUT2D eigenvalue weighted by Crippen LogP contribution is -2.39. The number of aliphatic hydroxyl groups is 1. The summed E-state index contributed by atoms with van der Waals surface area (Å²) in [5.41, 5.74) is 0.580. The Labute approximate surface area is 83.6 Å². The molecule has 0 spiro atoms. The zero-order chi connectivity index (χ0) is 9.24. The van der Waals surface area contributed by atoms with Crippen LogP contribution in [0.5, 0.6) is 0 Å². The molecule has 2 bridgehead atoms. The van der Waals surface area contributed by atoms with E-state index in [1.54, 1.807) is 0 Å². The number of hydrogen-bond donors (Lipinski definition) is 1. The van der Waals surface area contributed by atoms with Crippen molar-refractivity contribution in [2.45, 2.75) is 12.5 Å². The van der Waals surface area contributed by atoms with Crippen molar-refractivity contribution < 1.29 is 9.84 Å². The zero-order valence-electron chi connectivity index (χ0n) is 8.39. The van der Waals surface area contributed by atoms with E-state index in [-0.39, 0.29) is 6.10 Å². The third-order valence-electron chi connectivity index (χ3n) is 6.44. The van der Waals surface area contributed by atoms with Crippen molar-refractivity contribution in [3.63, 3.8) is 0 Å². The van der Waals surface area contributed by atoms with E-state index >= 15 is 0 Å². The Morgan fingerprint density at radius 3 is 2.71 bits per heavy atom. The topological polar surface area (TPSA) is 29.5 Å². The quantitative estimate of drug-likeness (QED) is 0.699. The molecule has 9 unspecified atom stereocenters. The third-order valence-corrected chi connectivity index (χ3v) is 6.44. The van der Waals surface area contributed by atoms with E-state index in [0.29, 0.717) is 11.3 Å². The first-order valence-electron chi connectivity index (χ1n) is 5.99. The van der Waals surface area contributed by atoms with Crippen molar-refractivity contribution in [1.82, 2.24) is 0 Å². The highest BCUT2D eigenvalue weighted by Gasteiger charge is 2.96. The van der Waals surface area contributed by atoms with Crippen molar-refractivity contribution in [1.29, 1.82) is 0 Å². The maximum atomic E-state index is 10.0. The molecule has 0 aromatic heterocycles. The van der Waals surface area contributed by atoms with Crippen LogP contribution in [0.15, 0.2) is 0 Å². The molecule has 2 heteroatoms. The van der Waals surface area contributed by atoms with Crippen molar-refractivity contribution in [2.75, 3.05) is 13.7 Å². The van der Waals surface area contributed by atoms with Gasteiger partial charge in [0.25, 0.3) is 0 Å². The number of aliphatic hydroxyl groups excluding tert-OH is 1. The predicted molar refractivity (Wildman–Crippen MR) is 49.4 cm³/mol. The molecule has 6 saturated carbocycles. The second kappa shape index (κ2) is 1.69. The van der Waals surface area contributed by atoms with E-state index in [4.69, 9.17) is 4.74 Å². The summed E-state index contributed by atoms with van der Waals surface area (Å²) in [6.45, 7) is 0.986. The number of rotatable bonds is 2. The second-order valence-electron chi connectivity index (χ2n) is 6.32. The van der Waals surface area contributed by atoms with Crippen LogP contribution in [0.2, 0.25) is 0 Å². The maximum Gasteiger partial charge on any atom is 0.0577 e. The van der Waals surface area contributed by atoms with Gasteiger partial charge in [0, 0.05) is 12.5 Å². The maximum absolute atomic E-state index is 10.0. The zero-order valence-corrected chi connectivity index (χ0v) is 8.39. The summed E-state index contributed by atoms with van der Waals surface area (Å²) in [6, 6.07) is 0. The van der Waals surface area contributed by atoms with E-state index in [2.05, 4.69) is 0 Å². The Bertz CT molecular complexity index is 337. The highest BCUT2D eigenvalue weighted by Crippen LogP contribution is 2.97. The van der Waals surface area contributed by atoms with Gasteiger partial charge in [0.05, 0.1) is 12.7 Å². The van der Waals surface area contributed by atoms with Crippen molar-refractivity contribution >= 4 is 0 Å². The Hall–Kier alpha value is -0.0800. The Morgan fingerprint density at radius 2 is 2.07 bits per heavy atom. The van der Waals surface area contributed by atoms with Crippen LogP contribution < -0.4 is 0 Å². The first-order valence-corrected chi connectivity index (χ1v) is 5.99. The first kappa shape index (κ1) is 7.24. The molecule has 6 aliphatic rings. The van der Waals surface area contributed by atoms with Crippen LogP contribution in [0.25, 0.3) is 0 Å². The SMILES string of the molecule is COCC12C3C4C5CC(O)C(C43)C1C52. The molecule has 0 saturated heterocycles. The lowest BCUT2D eigenvalue weighted by molar-refractivity contribution is -0.0127. The number of fused-ring (bicyclic) bond motifs is 1. The van der Waals surface area contributed by atoms with Crippen LogP contribution in [-0.4, -0.2) is 24.9 Å². The second-order valence-corrected chi connectivity index (χ2v) is 6.32. The summed E-state index contributed by atoms with van der Waals surface area (Å²) < 4.78 is 5.44. The fraction of sp³-hybridized carbons (Fsp3) is 1.00. The van der Waals surface area contributed by atoms with Crippen LogP contribution in [-0.2, 0) is 4.74 Å². The monoisotopic (exact) mass is 192 g/mol. The van der Waals surface area contributed by atoms with Crippen molar-refractivity contribution in [3.05, 3.63) is 0 Å². The minimum atomic E-state index is 0.0498. The molecule has 6 aliphatic carbocycles. The average molecular weight is 192 g/mol. The number of hydrogen-bond acceptors (Lipinski definition) is 2. The van der Waals surface area contributed by atoms with E-state index < -0.39 is 0 Å². The van der Waals surface area contributed by atoms with Crippen LogP contribution >= 0.6 is 0 Å². The van der Waals surface area contributed by atoms with Crippen LogP contribution in [0.3, 0.4) is 0 Å². The minimum Gasteiger partial charge on any atom is -0.393 e. The van der Waals surface area contributed by atoms with Crippen LogP contribution in [0.4, 0.5) is 0 Å². The smallest absolute Gasteiger partial charge is 0.0577 e. The Kier molecular flexibility index (Phi) is 0.875. The van der Waals surface area contributed by atoms with Crippen LogP contribution in [0.1, 0.15) is 6.42 Å². The van der Waals surface area contributed by atoms with Crippen molar-refractivity contribution in [3.8, 4) is 0 Å². The summed E-state index contributed by atoms with van der Waals surface area (Å²) in [5, 5.41) is 10.0. The lowest BCUT2D eigenvalue weighted by atomic mass is 9.69. The average Bonchev–Trinajstić information content (AvgIpc) is 2.98. The lowest BCUT2D eigenvalue weighted by Gasteiger charge is -2.38. The van der Waals surface area contributed by atoms with E-state index in [9.17, 15) is 5.11 Å². The molecular weight excluding hydrogens is 176 g/mol. The minimum absolute atomic E-state index is 0.0498. The number of methoxy groups -OCH3 is 1. The van der Waals surface area contributed by atoms with Gasteiger partial charge in [0.1, 0.15) is 0 Å². The summed E-state index contributed by atoms with van der Waals surface area (Å²) in [7, 11) is 1.84. The molecule has 0 aromatic carbocycles. The number of ether oxygens (including phenoxy) is 1. The fourth-order valence-electron chi connectivity index (χ4n) is 6.60. The van der Waals surface area contributed by atoms with Gasteiger partial charge in [-0.3, -0.25) is 0 Å². The normalized spacial score (nSPS) is 79.3. The molecule has 6 fully saturated rings.